The number of benzene rings is 6. The van der Waals surface area contributed by atoms with E-state index in [2.05, 4.69) is 100 Å². The average molecular weight is 642 g/mol. The fourth-order valence-electron chi connectivity index (χ4n) is 6.99. The molecule has 0 amide bonds. The number of hydrogen-bond acceptors (Lipinski definition) is 5. The van der Waals surface area contributed by atoms with Crippen molar-refractivity contribution in [1.29, 1.82) is 0 Å². The van der Waals surface area contributed by atoms with Crippen LogP contribution < -0.4 is 0 Å². The smallest absolute Gasteiger partial charge is 0.234 e. The average Bonchev–Trinajstić information content (AvgIpc) is 3.70. The molecule has 0 aliphatic heterocycles. The summed E-state index contributed by atoms with van der Waals surface area (Å²) in [5.74, 6) is 2.28. The number of rotatable bonds is 5. The second-order valence-corrected chi connectivity index (χ2v) is 12.2. The molecule has 0 N–H and O–H groups in total. The van der Waals surface area contributed by atoms with Gasteiger partial charge in [0.15, 0.2) is 17.5 Å². The van der Waals surface area contributed by atoms with Crippen molar-refractivity contribution in [3.63, 3.8) is 0 Å². The van der Waals surface area contributed by atoms with Gasteiger partial charge in [0.05, 0.1) is 27.6 Å². The van der Waals surface area contributed by atoms with Crippen LogP contribution in [0.5, 0.6) is 0 Å². The minimum atomic E-state index is 0.514. The highest BCUT2D eigenvalue weighted by atomic mass is 15.2. The molecule has 234 valence electrons. The topological polar surface area (TPSA) is 74.3 Å². The maximum absolute atomic E-state index is 4.95. The number of hydrogen-bond donors (Lipinski definition) is 0. The van der Waals surface area contributed by atoms with E-state index in [0.717, 1.165) is 44.1 Å². The Labute approximate surface area is 286 Å². The number of nitrogens with zero attached hydrogens (tertiary/aromatic N) is 7. The van der Waals surface area contributed by atoms with Crippen LogP contribution in [0.1, 0.15) is 0 Å². The highest BCUT2D eigenvalue weighted by Crippen LogP contribution is 2.39. The molecule has 0 fully saturated rings. The van der Waals surface area contributed by atoms with E-state index in [1.165, 1.54) is 16.3 Å². The molecule has 0 saturated carbocycles. The summed E-state index contributed by atoms with van der Waals surface area (Å²) in [5.41, 5.74) is 8.00. The van der Waals surface area contributed by atoms with E-state index in [9.17, 15) is 0 Å². The predicted octanol–water partition coefficient (Wildman–Crippen LogP) is 9.86. The Morgan fingerprint density at radius 1 is 0.340 bits per heavy atom. The van der Waals surface area contributed by atoms with E-state index in [1.807, 2.05) is 60.7 Å². The number of fused-ring (bicyclic) bond motifs is 6. The Hall–Kier alpha value is -6.99. The largest absolute Gasteiger partial charge is 0.309 e. The molecule has 10 rings (SSSR count). The van der Waals surface area contributed by atoms with Gasteiger partial charge in [-0.1, -0.05) is 115 Å². The summed E-state index contributed by atoms with van der Waals surface area (Å²) in [6, 6.07) is 52.1. The van der Waals surface area contributed by atoms with Gasteiger partial charge in [0.2, 0.25) is 5.95 Å². The quantitative estimate of drug-likeness (QED) is 0.187. The summed E-state index contributed by atoms with van der Waals surface area (Å²) in [6.07, 6.45) is 3.61. The number of aromatic nitrogens is 7. The summed E-state index contributed by atoms with van der Waals surface area (Å²) in [4.78, 5) is 24.5. The van der Waals surface area contributed by atoms with Gasteiger partial charge in [-0.15, -0.1) is 0 Å². The fraction of sp³-hybridized carbons (Fsp3) is 0. The van der Waals surface area contributed by atoms with E-state index < -0.39 is 0 Å². The van der Waals surface area contributed by atoms with Crippen molar-refractivity contribution < 1.29 is 0 Å². The van der Waals surface area contributed by atoms with Gasteiger partial charge in [0.25, 0.3) is 0 Å². The van der Waals surface area contributed by atoms with Crippen LogP contribution in [0.15, 0.2) is 164 Å². The molecule has 7 heteroatoms. The Morgan fingerprint density at radius 2 is 0.780 bits per heavy atom. The lowest BCUT2D eigenvalue weighted by Crippen LogP contribution is -2.03. The molecular weight excluding hydrogens is 615 g/mol. The lowest BCUT2D eigenvalue weighted by molar-refractivity contribution is 0.982. The van der Waals surface area contributed by atoms with Crippen LogP contribution in [0.2, 0.25) is 0 Å². The molecule has 10 aromatic rings. The molecular formula is C43H27N7. The van der Waals surface area contributed by atoms with Crippen molar-refractivity contribution in [3.8, 4) is 45.8 Å². The summed E-state index contributed by atoms with van der Waals surface area (Å²) in [5, 5.41) is 4.71. The lowest BCUT2D eigenvalue weighted by Gasteiger charge is -2.10. The monoisotopic (exact) mass is 641 g/mol. The molecule has 7 nitrogen and oxygen atoms in total. The molecule has 0 radical (unpaired) electrons. The van der Waals surface area contributed by atoms with Crippen molar-refractivity contribution in [2.24, 2.45) is 0 Å². The Morgan fingerprint density at radius 3 is 1.34 bits per heavy atom. The molecule has 6 aromatic carbocycles. The molecule has 0 saturated heterocycles. The van der Waals surface area contributed by atoms with Crippen molar-refractivity contribution in [3.05, 3.63) is 164 Å². The maximum Gasteiger partial charge on any atom is 0.234 e. The third-order valence-corrected chi connectivity index (χ3v) is 9.28. The van der Waals surface area contributed by atoms with Gasteiger partial charge in [0, 0.05) is 50.8 Å². The van der Waals surface area contributed by atoms with Crippen LogP contribution in [0.4, 0.5) is 0 Å². The Balaban J connectivity index is 1.17. The minimum Gasteiger partial charge on any atom is -0.309 e. The van der Waals surface area contributed by atoms with Crippen molar-refractivity contribution in [1.82, 2.24) is 34.1 Å². The van der Waals surface area contributed by atoms with Crippen LogP contribution in [0, 0.1) is 0 Å². The summed E-state index contributed by atoms with van der Waals surface area (Å²) in [7, 11) is 0. The molecule has 0 aliphatic rings. The van der Waals surface area contributed by atoms with Crippen LogP contribution >= 0.6 is 0 Å². The van der Waals surface area contributed by atoms with Crippen LogP contribution in [0.25, 0.3) is 89.4 Å². The molecule has 0 unspecified atom stereocenters. The van der Waals surface area contributed by atoms with Gasteiger partial charge in [-0.3, -0.25) is 4.57 Å². The van der Waals surface area contributed by atoms with Crippen molar-refractivity contribution >= 4 is 43.6 Å². The van der Waals surface area contributed by atoms with E-state index in [4.69, 9.17) is 24.9 Å². The van der Waals surface area contributed by atoms with E-state index in [1.54, 1.807) is 12.4 Å². The molecule has 4 heterocycles. The van der Waals surface area contributed by atoms with Crippen molar-refractivity contribution in [2.75, 3.05) is 0 Å². The van der Waals surface area contributed by atoms with Crippen LogP contribution in [-0.2, 0) is 0 Å². The standard InChI is InChI=1S/C43H27N7/c1-4-14-28(15-5-1)40-46-41(29-16-6-2-7-17-29)48-42(47-40)30-26-44-43(45-27-30)50-37-23-13-11-21-33(37)35-24-34-32-20-10-12-22-36(32)49(38(34)25-39(35)50)31-18-8-3-9-19-31/h1-27H. The highest BCUT2D eigenvalue weighted by Gasteiger charge is 2.20. The first-order valence-corrected chi connectivity index (χ1v) is 16.5. The predicted molar refractivity (Wildman–Crippen MR) is 200 cm³/mol. The van der Waals surface area contributed by atoms with Gasteiger partial charge >= 0.3 is 0 Å². The van der Waals surface area contributed by atoms with Gasteiger partial charge in [-0.05, 0) is 36.4 Å². The first-order valence-electron chi connectivity index (χ1n) is 16.5. The summed E-state index contributed by atoms with van der Waals surface area (Å²) >= 11 is 0. The molecule has 4 aromatic heterocycles. The Bertz CT molecular complexity index is 2780. The molecule has 0 atom stereocenters. The second-order valence-electron chi connectivity index (χ2n) is 12.2. The van der Waals surface area contributed by atoms with Crippen LogP contribution in [0.3, 0.4) is 0 Å². The first kappa shape index (κ1) is 28.1. The fourth-order valence-corrected chi connectivity index (χ4v) is 6.99. The zero-order valence-corrected chi connectivity index (χ0v) is 26.7. The normalized spacial score (nSPS) is 11.6. The molecule has 0 bridgehead atoms. The zero-order chi connectivity index (χ0) is 33.0. The van der Waals surface area contributed by atoms with Crippen LogP contribution in [-0.4, -0.2) is 34.1 Å². The Kier molecular flexibility index (Phi) is 6.35. The zero-order valence-electron chi connectivity index (χ0n) is 26.7. The first-order chi connectivity index (χ1) is 24.8. The van der Waals surface area contributed by atoms with Gasteiger partial charge < -0.3 is 4.57 Å². The number of para-hydroxylation sites is 3. The summed E-state index contributed by atoms with van der Waals surface area (Å²) < 4.78 is 4.49. The third kappa shape index (κ3) is 4.48. The van der Waals surface area contributed by atoms with Gasteiger partial charge in [-0.25, -0.2) is 24.9 Å². The van der Waals surface area contributed by atoms with E-state index in [0.29, 0.717) is 29.0 Å². The van der Waals surface area contributed by atoms with E-state index in [-0.39, 0.29) is 0 Å². The molecule has 0 aliphatic carbocycles. The third-order valence-electron chi connectivity index (χ3n) is 9.28. The van der Waals surface area contributed by atoms with E-state index >= 15 is 0 Å². The van der Waals surface area contributed by atoms with Gasteiger partial charge in [0.1, 0.15) is 0 Å². The molecule has 0 spiro atoms. The SMILES string of the molecule is c1ccc(-c2nc(-c3ccccc3)nc(-c3cnc(-n4c5ccccc5c5cc6c7ccccc7n(-c7ccccc7)c6cc54)nc3)n2)cc1. The minimum absolute atomic E-state index is 0.514. The molecule has 50 heavy (non-hydrogen) atoms. The second kappa shape index (κ2) is 11.3. The van der Waals surface area contributed by atoms with Crippen molar-refractivity contribution in [2.45, 2.75) is 0 Å². The maximum atomic E-state index is 4.95. The highest BCUT2D eigenvalue weighted by molar-refractivity contribution is 6.19. The lowest BCUT2D eigenvalue weighted by atomic mass is 10.1. The van der Waals surface area contributed by atoms with Gasteiger partial charge in [-0.2, -0.15) is 0 Å². The summed E-state index contributed by atoms with van der Waals surface area (Å²) in [6.45, 7) is 0.